The molecule has 1 aromatic carbocycles. The van der Waals surface area contributed by atoms with Crippen LogP contribution in [0.15, 0.2) is 27.6 Å². The molecule has 0 bridgehead atoms. The number of aliphatic carboxylic acids is 1. The molecule has 1 atom stereocenters. The number of carboxylic acid groups (broad SMARTS) is 1. The van der Waals surface area contributed by atoms with E-state index in [2.05, 4.69) is 15.9 Å². The van der Waals surface area contributed by atoms with Crippen molar-refractivity contribution in [1.82, 2.24) is 4.90 Å². The standard InChI is InChI=1S/C13H14BrNO5S/c1-21(19,20)9-2-3-11(14)10(6-9)12(16)15-5-4-8(7-15)13(17)18/h2-3,6,8H,4-5,7H2,1H3,(H,17,18)/t8-/m0/s1. The van der Waals surface area contributed by atoms with Crippen molar-refractivity contribution in [2.45, 2.75) is 11.3 Å². The van der Waals surface area contributed by atoms with Crippen molar-refractivity contribution in [3.05, 3.63) is 28.2 Å². The fraction of sp³-hybridized carbons (Fsp3) is 0.385. The number of carboxylic acids is 1. The molecule has 0 radical (unpaired) electrons. The van der Waals surface area contributed by atoms with Gasteiger partial charge < -0.3 is 10.0 Å². The van der Waals surface area contributed by atoms with E-state index in [9.17, 15) is 18.0 Å². The molecule has 1 saturated heterocycles. The molecule has 2 rings (SSSR count). The molecule has 1 amide bonds. The van der Waals surface area contributed by atoms with Gasteiger partial charge in [0, 0.05) is 23.8 Å². The van der Waals surface area contributed by atoms with E-state index >= 15 is 0 Å². The van der Waals surface area contributed by atoms with Crippen molar-refractivity contribution in [2.24, 2.45) is 5.92 Å². The predicted octanol–water partition coefficient (Wildman–Crippen LogP) is 1.40. The summed E-state index contributed by atoms with van der Waals surface area (Å²) in [5.41, 5.74) is 0.226. The number of benzene rings is 1. The molecular formula is C13H14BrNO5S. The number of halogens is 1. The quantitative estimate of drug-likeness (QED) is 0.861. The van der Waals surface area contributed by atoms with E-state index in [4.69, 9.17) is 5.11 Å². The van der Waals surface area contributed by atoms with Gasteiger partial charge in [-0.15, -0.1) is 0 Å². The summed E-state index contributed by atoms with van der Waals surface area (Å²) in [6, 6.07) is 4.24. The van der Waals surface area contributed by atoms with Crippen LogP contribution in [0.25, 0.3) is 0 Å². The third kappa shape index (κ3) is 3.44. The van der Waals surface area contributed by atoms with Gasteiger partial charge in [0.15, 0.2) is 9.84 Å². The molecule has 1 aliphatic rings. The van der Waals surface area contributed by atoms with E-state index in [-0.39, 0.29) is 22.9 Å². The molecule has 114 valence electrons. The molecule has 6 nitrogen and oxygen atoms in total. The maximum absolute atomic E-state index is 12.4. The molecule has 1 aliphatic heterocycles. The van der Waals surface area contributed by atoms with E-state index in [1.54, 1.807) is 0 Å². The third-order valence-electron chi connectivity index (χ3n) is 3.42. The minimum absolute atomic E-state index is 0.0584. The van der Waals surface area contributed by atoms with Gasteiger partial charge >= 0.3 is 5.97 Å². The monoisotopic (exact) mass is 375 g/mol. The summed E-state index contributed by atoms with van der Waals surface area (Å²) in [5, 5.41) is 8.96. The number of carbonyl (C=O) groups excluding carboxylic acids is 1. The second-order valence-electron chi connectivity index (χ2n) is 4.99. The van der Waals surface area contributed by atoms with E-state index in [1.165, 1.54) is 23.1 Å². The summed E-state index contributed by atoms with van der Waals surface area (Å²) < 4.78 is 23.6. The van der Waals surface area contributed by atoms with Crippen LogP contribution in [0.2, 0.25) is 0 Å². The van der Waals surface area contributed by atoms with Crippen molar-refractivity contribution in [2.75, 3.05) is 19.3 Å². The summed E-state index contributed by atoms with van der Waals surface area (Å²) in [6.45, 7) is 0.495. The molecule has 0 aliphatic carbocycles. The zero-order valence-electron chi connectivity index (χ0n) is 11.2. The lowest BCUT2D eigenvalue weighted by atomic mass is 10.1. The van der Waals surface area contributed by atoms with Crippen LogP contribution in [0, 0.1) is 5.92 Å². The highest BCUT2D eigenvalue weighted by Gasteiger charge is 2.32. The number of carbonyl (C=O) groups is 2. The maximum atomic E-state index is 12.4. The van der Waals surface area contributed by atoms with Gasteiger partial charge in [-0.3, -0.25) is 9.59 Å². The minimum Gasteiger partial charge on any atom is -0.481 e. The Morgan fingerprint density at radius 2 is 2.05 bits per heavy atom. The Labute approximate surface area is 130 Å². The lowest BCUT2D eigenvalue weighted by molar-refractivity contribution is -0.141. The highest BCUT2D eigenvalue weighted by molar-refractivity contribution is 9.10. The van der Waals surface area contributed by atoms with E-state index in [0.29, 0.717) is 17.4 Å². The Bertz CT molecular complexity index is 701. The van der Waals surface area contributed by atoms with Crippen LogP contribution in [-0.2, 0) is 14.6 Å². The number of rotatable bonds is 3. The van der Waals surface area contributed by atoms with Gasteiger partial charge in [-0.1, -0.05) is 0 Å². The second-order valence-corrected chi connectivity index (χ2v) is 7.86. The van der Waals surface area contributed by atoms with Crippen LogP contribution in [0.1, 0.15) is 16.8 Å². The van der Waals surface area contributed by atoms with Crippen molar-refractivity contribution in [1.29, 1.82) is 0 Å². The molecule has 1 N–H and O–H groups in total. The first-order valence-electron chi connectivity index (χ1n) is 6.22. The summed E-state index contributed by atoms with van der Waals surface area (Å²) in [4.78, 5) is 24.8. The molecule has 0 aromatic heterocycles. The number of sulfone groups is 1. The Hall–Kier alpha value is -1.41. The average molecular weight is 376 g/mol. The summed E-state index contributed by atoms with van der Waals surface area (Å²) in [5.74, 6) is -1.85. The molecular weight excluding hydrogens is 362 g/mol. The second kappa shape index (κ2) is 5.76. The Morgan fingerprint density at radius 3 is 2.57 bits per heavy atom. The number of nitrogens with zero attached hydrogens (tertiary/aromatic N) is 1. The van der Waals surface area contributed by atoms with Gasteiger partial charge in [-0.25, -0.2) is 8.42 Å². The average Bonchev–Trinajstić information content (AvgIpc) is 2.86. The van der Waals surface area contributed by atoms with Crippen molar-refractivity contribution < 1.29 is 23.1 Å². The molecule has 1 fully saturated rings. The van der Waals surface area contributed by atoms with Crippen LogP contribution in [0.3, 0.4) is 0 Å². The number of hydrogen-bond donors (Lipinski definition) is 1. The minimum atomic E-state index is -3.41. The van der Waals surface area contributed by atoms with Gasteiger partial charge in [0.05, 0.1) is 16.4 Å². The SMILES string of the molecule is CS(=O)(=O)c1ccc(Br)c(C(=O)N2CC[C@H](C(=O)O)C2)c1. The van der Waals surface area contributed by atoms with E-state index in [1.807, 2.05) is 0 Å². The van der Waals surface area contributed by atoms with Crippen LogP contribution < -0.4 is 0 Å². The van der Waals surface area contributed by atoms with Crippen molar-refractivity contribution in [3.8, 4) is 0 Å². The fourth-order valence-electron chi connectivity index (χ4n) is 2.22. The number of hydrogen-bond acceptors (Lipinski definition) is 4. The molecule has 0 unspecified atom stereocenters. The largest absolute Gasteiger partial charge is 0.481 e. The van der Waals surface area contributed by atoms with Gasteiger partial charge in [-0.05, 0) is 40.5 Å². The highest BCUT2D eigenvalue weighted by atomic mass is 79.9. The van der Waals surface area contributed by atoms with Gasteiger partial charge in [0.25, 0.3) is 5.91 Å². The molecule has 8 heteroatoms. The van der Waals surface area contributed by atoms with Crippen LogP contribution in [0.5, 0.6) is 0 Å². The maximum Gasteiger partial charge on any atom is 0.308 e. The number of likely N-dealkylation sites (tertiary alicyclic amines) is 1. The summed E-state index contributed by atoms with van der Waals surface area (Å²) in [7, 11) is -3.41. The predicted molar refractivity (Wildman–Crippen MR) is 78.9 cm³/mol. The summed E-state index contributed by atoms with van der Waals surface area (Å²) in [6.07, 6.45) is 1.48. The lowest BCUT2D eigenvalue weighted by Gasteiger charge is -2.17. The first kappa shape index (κ1) is 16.0. The van der Waals surface area contributed by atoms with Gasteiger partial charge in [-0.2, -0.15) is 0 Å². The Kier molecular flexibility index (Phi) is 4.38. The van der Waals surface area contributed by atoms with E-state index in [0.717, 1.165) is 6.26 Å². The lowest BCUT2D eigenvalue weighted by Crippen LogP contribution is -2.30. The van der Waals surface area contributed by atoms with Crippen molar-refractivity contribution in [3.63, 3.8) is 0 Å². The molecule has 21 heavy (non-hydrogen) atoms. The molecule has 0 saturated carbocycles. The fourth-order valence-corrected chi connectivity index (χ4v) is 3.28. The number of amides is 1. The Morgan fingerprint density at radius 1 is 1.38 bits per heavy atom. The Balaban J connectivity index is 2.30. The zero-order valence-corrected chi connectivity index (χ0v) is 13.6. The molecule has 1 aromatic rings. The first-order valence-corrected chi connectivity index (χ1v) is 8.90. The van der Waals surface area contributed by atoms with E-state index < -0.39 is 21.7 Å². The normalized spacial score (nSPS) is 18.8. The zero-order chi connectivity index (χ0) is 15.8. The summed E-state index contributed by atoms with van der Waals surface area (Å²) >= 11 is 3.23. The topological polar surface area (TPSA) is 91.8 Å². The third-order valence-corrected chi connectivity index (χ3v) is 5.22. The van der Waals surface area contributed by atoms with Crippen LogP contribution in [0.4, 0.5) is 0 Å². The van der Waals surface area contributed by atoms with Gasteiger partial charge in [0.2, 0.25) is 0 Å². The van der Waals surface area contributed by atoms with Gasteiger partial charge in [0.1, 0.15) is 0 Å². The molecule has 0 spiro atoms. The van der Waals surface area contributed by atoms with Crippen LogP contribution >= 0.6 is 15.9 Å². The first-order chi connectivity index (χ1) is 9.70. The highest BCUT2D eigenvalue weighted by Crippen LogP contribution is 2.25. The van der Waals surface area contributed by atoms with Crippen molar-refractivity contribution >= 4 is 37.6 Å². The smallest absolute Gasteiger partial charge is 0.308 e. The van der Waals surface area contributed by atoms with Crippen LogP contribution in [-0.4, -0.2) is 49.6 Å². The molecule has 1 heterocycles.